The lowest BCUT2D eigenvalue weighted by Crippen LogP contribution is -2.47. The third-order valence-electron chi connectivity index (χ3n) is 2.79. The Morgan fingerprint density at radius 2 is 2.00 bits per heavy atom. The van der Waals surface area contributed by atoms with Crippen molar-refractivity contribution in [3.05, 3.63) is 22.4 Å². The highest BCUT2D eigenvalue weighted by molar-refractivity contribution is 7.10. The Morgan fingerprint density at radius 1 is 1.35 bits per heavy atom. The summed E-state index contributed by atoms with van der Waals surface area (Å²) in [5.41, 5.74) is 5.68. The Hall–Kier alpha value is -1.11. The van der Waals surface area contributed by atoms with Gasteiger partial charge in [0.05, 0.1) is 18.6 Å². The summed E-state index contributed by atoms with van der Waals surface area (Å²) in [6.45, 7) is 5.59. The molecule has 1 rings (SSSR count). The van der Waals surface area contributed by atoms with Crippen molar-refractivity contribution in [1.29, 1.82) is 0 Å². The smallest absolute Gasteiger partial charge is 0.239 e. The number of halogens is 1. The zero-order valence-corrected chi connectivity index (χ0v) is 13.5. The van der Waals surface area contributed by atoms with Crippen LogP contribution in [0.25, 0.3) is 0 Å². The van der Waals surface area contributed by atoms with Crippen molar-refractivity contribution in [3.63, 3.8) is 0 Å². The van der Waals surface area contributed by atoms with E-state index in [9.17, 15) is 9.59 Å². The van der Waals surface area contributed by atoms with E-state index in [1.807, 2.05) is 38.3 Å². The molecular weight excluding hydrogens is 298 g/mol. The molecule has 1 aromatic heterocycles. The maximum absolute atomic E-state index is 11.7. The molecule has 20 heavy (non-hydrogen) atoms. The molecule has 0 fully saturated rings. The van der Waals surface area contributed by atoms with Gasteiger partial charge in [0.25, 0.3) is 0 Å². The van der Waals surface area contributed by atoms with Crippen molar-refractivity contribution < 1.29 is 9.59 Å². The van der Waals surface area contributed by atoms with E-state index in [0.29, 0.717) is 0 Å². The largest absolute Gasteiger partial charge is 0.347 e. The van der Waals surface area contributed by atoms with E-state index >= 15 is 0 Å². The molecule has 2 atom stereocenters. The first kappa shape index (κ1) is 18.9. The monoisotopic (exact) mass is 319 g/mol. The topological polar surface area (TPSA) is 84.2 Å². The fourth-order valence-electron chi connectivity index (χ4n) is 1.49. The van der Waals surface area contributed by atoms with Crippen LogP contribution in [0.3, 0.4) is 0 Å². The zero-order chi connectivity index (χ0) is 14.4. The molecule has 4 N–H and O–H groups in total. The lowest BCUT2D eigenvalue weighted by molar-refractivity contribution is -0.127. The molecular formula is C13H22ClN3O2S. The quantitative estimate of drug-likeness (QED) is 0.742. The first-order valence-electron chi connectivity index (χ1n) is 6.28. The maximum Gasteiger partial charge on any atom is 0.239 e. The van der Waals surface area contributed by atoms with Crippen molar-refractivity contribution in [2.75, 3.05) is 6.54 Å². The average Bonchev–Trinajstić information content (AvgIpc) is 2.88. The van der Waals surface area contributed by atoms with E-state index < -0.39 is 6.04 Å². The van der Waals surface area contributed by atoms with Crippen LogP contribution in [-0.2, 0) is 9.59 Å². The molecule has 0 aliphatic heterocycles. The summed E-state index contributed by atoms with van der Waals surface area (Å²) in [4.78, 5) is 24.4. The Morgan fingerprint density at radius 3 is 2.50 bits per heavy atom. The fraction of sp³-hybridized carbons (Fsp3) is 0.538. The van der Waals surface area contributed by atoms with Gasteiger partial charge in [0.2, 0.25) is 11.8 Å². The molecule has 0 aliphatic carbocycles. The Kier molecular flexibility index (Phi) is 8.45. The normalized spacial score (nSPS) is 13.2. The van der Waals surface area contributed by atoms with Gasteiger partial charge in [-0.15, -0.1) is 23.7 Å². The van der Waals surface area contributed by atoms with Crippen molar-refractivity contribution in [2.45, 2.75) is 32.9 Å². The predicted molar refractivity (Wildman–Crippen MR) is 83.9 cm³/mol. The minimum absolute atomic E-state index is 0. The summed E-state index contributed by atoms with van der Waals surface area (Å²) in [5, 5.41) is 7.32. The van der Waals surface area contributed by atoms with Crippen molar-refractivity contribution in [3.8, 4) is 0 Å². The molecule has 1 unspecified atom stereocenters. The predicted octanol–water partition coefficient (Wildman–Crippen LogP) is 1.45. The molecule has 0 aliphatic rings. The number of hydrogen-bond donors (Lipinski definition) is 3. The molecule has 0 spiro atoms. The van der Waals surface area contributed by atoms with E-state index in [1.165, 1.54) is 0 Å². The molecule has 0 saturated carbocycles. The minimum Gasteiger partial charge on any atom is -0.347 e. The number of nitrogens with one attached hydrogen (secondary N) is 2. The van der Waals surface area contributed by atoms with E-state index in [2.05, 4.69) is 10.6 Å². The van der Waals surface area contributed by atoms with Crippen LogP contribution in [0.5, 0.6) is 0 Å². The molecule has 5 nitrogen and oxygen atoms in total. The second-order valence-electron chi connectivity index (χ2n) is 4.79. The molecule has 0 bridgehead atoms. The van der Waals surface area contributed by atoms with Gasteiger partial charge in [-0.1, -0.05) is 19.9 Å². The molecule has 0 aromatic carbocycles. The number of amides is 2. The van der Waals surface area contributed by atoms with Crippen LogP contribution in [-0.4, -0.2) is 24.4 Å². The number of nitrogens with two attached hydrogens (primary N) is 1. The van der Waals surface area contributed by atoms with Crippen LogP contribution >= 0.6 is 23.7 Å². The first-order chi connectivity index (χ1) is 8.91. The standard InChI is InChI=1S/C13H21N3O2S.ClH/c1-8(2)12(14)13(18)15-7-11(17)16-9(3)10-5-4-6-19-10;/h4-6,8-9,12H,7,14H2,1-3H3,(H,15,18)(H,16,17);1H/t9?,12-;/m0./s1. The number of carbonyl (C=O) groups is 2. The SMILES string of the molecule is CC(NC(=O)CNC(=O)[C@@H](N)C(C)C)c1cccs1.Cl. The molecule has 114 valence electrons. The van der Waals surface area contributed by atoms with Gasteiger partial charge in [-0.25, -0.2) is 0 Å². The average molecular weight is 320 g/mol. The molecule has 0 radical (unpaired) electrons. The van der Waals surface area contributed by atoms with Crippen molar-refractivity contribution in [1.82, 2.24) is 10.6 Å². The number of carbonyl (C=O) groups excluding carboxylic acids is 2. The summed E-state index contributed by atoms with van der Waals surface area (Å²) in [5.74, 6) is -0.466. The highest BCUT2D eigenvalue weighted by atomic mass is 35.5. The van der Waals surface area contributed by atoms with Gasteiger partial charge >= 0.3 is 0 Å². The van der Waals surface area contributed by atoms with Gasteiger partial charge in [-0.05, 0) is 24.3 Å². The van der Waals surface area contributed by atoms with Gasteiger partial charge in [0.15, 0.2) is 0 Å². The number of rotatable bonds is 6. The van der Waals surface area contributed by atoms with Crippen LogP contribution in [0.4, 0.5) is 0 Å². The number of thiophene rings is 1. The first-order valence-corrected chi connectivity index (χ1v) is 7.15. The highest BCUT2D eigenvalue weighted by Crippen LogP contribution is 2.17. The highest BCUT2D eigenvalue weighted by Gasteiger charge is 2.18. The van der Waals surface area contributed by atoms with Crippen LogP contribution in [0.2, 0.25) is 0 Å². The van der Waals surface area contributed by atoms with E-state index in [1.54, 1.807) is 11.3 Å². The lowest BCUT2D eigenvalue weighted by Gasteiger charge is -2.16. The van der Waals surface area contributed by atoms with Crippen LogP contribution in [0.15, 0.2) is 17.5 Å². The Labute approximate surface area is 129 Å². The van der Waals surface area contributed by atoms with Gasteiger partial charge in [-0.2, -0.15) is 0 Å². The minimum atomic E-state index is -0.581. The van der Waals surface area contributed by atoms with E-state index in [0.717, 1.165) is 4.88 Å². The van der Waals surface area contributed by atoms with Crippen LogP contribution in [0.1, 0.15) is 31.7 Å². The zero-order valence-electron chi connectivity index (χ0n) is 11.9. The van der Waals surface area contributed by atoms with E-state index in [-0.39, 0.29) is 42.7 Å². The second-order valence-corrected chi connectivity index (χ2v) is 5.77. The maximum atomic E-state index is 11.7. The van der Waals surface area contributed by atoms with Gasteiger partial charge in [-0.3, -0.25) is 9.59 Å². The van der Waals surface area contributed by atoms with Crippen molar-refractivity contribution in [2.24, 2.45) is 11.7 Å². The third kappa shape index (κ3) is 5.90. The molecule has 0 saturated heterocycles. The van der Waals surface area contributed by atoms with Crippen molar-refractivity contribution >= 4 is 35.6 Å². The molecule has 1 heterocycles. The molecule has 7 heteroatoms. The molecule has 2 amide bonds. The molecule has 1 aromatic rings. The summed E-state index contributed by atoms with van der Waals surface area (Å²) >= 11 is 1.58. The summed E-state index contributed by atoms with van der Waals surface area (Å²) in [6.07, 6.45) is 0. The summed E-state index contributed by atoms with van der Waals surface area (Å²) < 4.78 is 0. The Bertz CT molecular complexity index is 423. The second kappa shape index (κ2) is 8.94. The van der Waals surface area contributed by atoms with Crippen LogP contribution < -0.4 is 16.4 Å². The van der Waals surface area contributed by atoms with Gasteiger partial charge in [0, 0.05) is 4.88 Å². The summed E-state index contributed by atoms with van der Waals surface area (Å²) in [7, 11) is 0. The summed E-state index contributed by atoms with van der Waals surface area (Å²) in [6, 6.07) is 3.26. The van der Waals surface area contributed by atoms with Crippen LogP contribution in [0, 0.1) is 5.92 Å². The lowest BCUT2D eigenvalue weighted by atomic mass is 10.1. The van der Waals surface area contributed by atoms with Gasteiger partial charge in [0.1, 0.15) is 0 Å². The number of hydrogen-bond acceptors (Lipinski definition) is 4. The third-order valence-corrected chi connectivity index (χ3v) is 3.85. The fourth-order valence-corrected chi connectivity index (χ4v) is 2.22. The van der Waals surface area contributed by atoms with E-state index in [4.69, 9.17) is 5.73 Å². The van der Waals surface area contributed by atoms with Gasteiger partial charge < -0.3 is 16.4 Å². The Balaban J connectivity index is 0.00000361.